The fourth-order valence-electron chi connectivity index (χ4n) is 3.00. The number of carbonyl (C=O) groups excluding carboxylic acids is 1. The number of imidazole rings is 1. The summed E-state index contributed by atoms with van der Waals surface area (Å²) in [4.78, 5) is 30.1. The summed E-state index contributed by atoms with van der Waals surface area (Å²) in [7, 11) is 3.08. The average molecular weight is 369 g/mol. The average Bonchev–Trinajstić information content (AvgIpc) is 3.10. The molecule has 1 saturated heterocycles. The number of aromatic nitrogens is 4. The first-order valence-electron chi connectivity index (χ1n) is 8.07. The lowest BCUT2D eigenvalue weighted by Crippen LogP contribution is -2.45. The van der Waals surface area contributed by atoms with Crippen LogP contribution in [0.15, 0.2) is 6.33 Å². The monoisotopic (exact) mass is 368 g/mol. The van der Waals surface area contributed by atoms with Crippen LogP contribution in [0.2, 0.25) is 5.28 Å². The van der Waals surface area contributed by atoms with E-state index in [9.17, 15) is 4.79 Å². The highest BCUT2D eigenvalue weighted by atomic mass is 35.5. The van der Waals surface area contributed by atoms with Crippen molar-refractivity contribution in [2.75, 3.05) is 38.8 Å². The van der Waals surface area contributed by atoms with Crippen LogP contribution in [0.25, 0.3) is 11.2 Å². The number of fused-ring (bicyclic) bond motifs is 1. The van der Waals surface area contributed by atoms with Crippen LogP contribution in [0, 0.1) is 5.92 Å². The number of H-pyrrole nitrogens is 1. The molecule has 2 aromatic heterocycles. The van der Waals surface area contributed by atoms with Gasteiger partial charge in [0, 0.05) is 27.3 Å². The zero-order chi connectivity index (χ0) is 17.8. The van der Waals surface area contributed by atoms with E-state index in [2.05, 4.69) is 25.3 Å². The first-order chi connectivity index (χ1) is 12.1. The van der Waals surface area contributed by atoms with E-state index in [4.69, 9.17) is 21.1 Å². The van der Waals surface area contributed by atoms with Crippen molar-refractivity contribution in [3.63, 3.8) is 0 Å². The third-order valence-electron chi connectivity index (χ3n) is 4.30. The van der Waals surface area contributed by atoms with Crippen LogP contribution in [0.5, 0.6) is 0 Å². The number of nitrogens with zero attached hydrogens (tertiary/aromatic N) is 4. The first-order valence-corrected chi connectivity index (χ1v) is 8.45. The molecule has 1 unspecified atom stereocenters. The van der Waals surface area contributed by atoms with Crippen LogP contribution in [-0.4, -0.2) is 66.0 Å². The molecule has 0 aromatic carbocycles. The lowest BCUT2D eigenvalue weighted by atomic mass is 9.97. The van der Waals surface area contributed by atoms with Crippen LogP contribution in [0.4, 0.5) is 5.82 Å². The molecule has 0 spiro atoms. The molecule has 2 aromatic rings. The third-order valence-corrected chi connectivity index (χ3v) is 4.47. The fraction of sp³-hybridized carbons (Fsp3) is 0.600. The molecule has 9 nitrogen and oxygen atoms in total. The Labute approximate surface area is 150 Å². The van der Waals surface area contributed by atoms with Crippen molar-refractivity contribution in [3.05, 3.63) is 11.6 Å². The molecule has 1 aliphatic heterocycles. The van der Waals surface area contributed by atoms with Crippen LogP contribution < -0.4 is 10.2 Å². The Kier molecular flexibility index (Phi) is 5.67. The lowest BCUT2D eigenvalue weighted by molar-refractivity contribution is -0.131. The number of rotatable bonds is 6. The quantitative estimate of drug-likeness (QED) is 0.577. The normalized spacial score (nSPS) is 18.1. The first kappa shape index (κ1) is 17.8. The second kappa shape index (κ2) is 7.94. The summed E-state index contributed by atoms with van der Waals surface area (Å²) < 4.78 is 10.2. The van der Waals surface area contributed by atoms with E-state index in [-0.39, 0.29) is 17.1 Å². The Hall–Kier alpha value is -1.97. The number of aromatic amines is 1. The lowest BCUT2D eigenvalue weighted by Gasteiger charge is -2.33. The number of piperidine rings is 1. The molecule has 3 heterocycles. The molecule has 0 aliphatic carbocycles. The smallest absolute Gasteiger partial charge is 0.226 e. The molecular weight excluding hydrogens is 348 g/mol. The van der Waals surface area contributed by atoms with Gasteiger partial charge in [-0.3, -0.25) is 4.79 Å². The van der Waals surface area contributed by atoms with E-state index in [1.54, 1.807) is 6.33 Å². The van der Waals surface area contributed by atoms with Gasteiger partial charge in [0.25, 0.3) is 0 Å². The second-order valence-corrected chi connectivity index (χ2v) is 6.19. The summed E-state index contributed by atoms with van der Waals surface area (Å²) in [5.74, 6) is 0.510. The number of ether oxygens (including phenoxy) is 2. The van der Waals surface area contributed by atoms with Gasteiger partial charge in [0.15, 0.2) is 17.8 Å². The summed E-state index contributed by atoms with van der Waals surface area (Å²) in [6.45, 7) is 1.66. The van der Waals surface area contributed by atoms with E-state index in [1.165, 1.54) is 14.2 Å². The van der Waals surface area contributed by atoms with Crippen molar-refractivity contribution in [2.45, 2.75) is 19.1 Å². The SMILES string of the molecule is COC(CNC(=O)C1CCCN(c2nc(Cl)nc3nc[nH]c23)C1)OC. The van der Waals surface area contributed by atoms with Gasteiger partial charge in [-0.25, -0.2) is 4.98 Å². The van der Waals surface area contributed by atoms with Gasteiger partial charge in [-0.2, -0.15) is 9.97 Å². The molecular formula is C15H21ClN6O3. The number of anilines is 1. The number of carbonyl (C=O) groups is 1. The van der Waals surface area contributed by atoms with Gasteiger partial charge in [0.1, 0.15) is 5.52 Å². The van der Waals surface area contributed by atoms with Crippen molar-refractivity contribution in [3.8, 4) is 0 Å². The predicted molar refractivity (Wildman–Crippen MR) is 92.4 cm³/mol. The molecule has 10 heteroatoms. The van der Waals surface area contributed by atoms with Gasteiger partial charge in [-0.15, -0.1) is 0 Å². The third kappa shape index (κ3) is 4.00. The molecule has 136 valence electrons. The summed E-state index contributed by atoms with van der Waals surface area (Å²) in [5, 5.41) is 3.02. The maximum atomic E-state index is 12.5. The zero-order valence-electron chi connectivity index (χ0n) is 14.2. The topological polar surface area (TPSA) is 105 Å². The molecule has 2 N–H and O–H groups in total. The minimum atomic E-state index is -0.450. The van der Waals surface area contributed by atoms with Gasteiger partial charge < -0.3 is 24.7 Å². The van der Waals surface area contributed by atoms with Gasteiger partial charge in [-0.1, -0.05) is 0 Å². The summed E-state index contributed by atoms with van der Waals surface area (Å²) in [6, 6.07) is 0. The van der Waals surface area contributed by atoms with Crippen molar-refractivity contribution in [1.82, 2.24) is 25.3 Å². The molecule has 1 atom stereocenters. The van der Waals surface area contributed by atoms with Gasteiger partial charge in [0.05, 0.1) is 18.8 Å². The summed E-state index contributed by atoms with van der Waals surface area (Å²) >= 11 is 6.01. The highest BCUT2D eigenvalue weighted by molar-refractivity contribution is 6.28. The maximum Gasteiger partial charge on any atom is 0.226 e. The molecule has 3 rings (SSSR count). The van der Waals surface area contributed by atoms with Crippen molar-refractivity contribution in [1.29, 1.82) is 0 Å². The van der Waals surface area contributed by atoms with Crippen LogP contribution >= 0.6 is 11.6 Å². The largest absolute Gasteiger partial charge is 0.354 e. The van der Waals surface area contributed by atoms with Crippen LogP contribution in [-0.2, 0) is 14.3 Å². The molecule has 0 saturated carbocycles. The minimum Gasteiger partial charge on any atom is -0.354 e. The Morgan fingerprint density at radius 3 is 3.04 bits per heavy atom. The van der Waals surface area contributed by atoms with Crippen LogP contribution in [0.3, 0.4) is 0 Å². The van der Waals surface area contributed by atoms with Crippen molar-refractivity contribution >= 4 is 34.5 Å². The van der Waals surface area contributed by atoms with Gasteiger partial charge in [0.2, 0.25) is 11.2 Å². The highest BCUT2D eigenvalue weighted by Crippen LogP contribution is 2.27. The second-order valence-electron chi connectivity index (χ2n) is 5.85. The highest BCUT2D eigenvalue weighted by Gasteiger charge is 2.28. The Bertz CT molecular complexity index is 735. The summed E-state index contributed by atoms with van der Waals surface area (Å²) in [6.07, 6.45) is 2.81. The van der Waals surface area contributed by atoms with E-state index >= 15 is 0 Å². The minimum absolute atomic E-state index is 0.0233. The number of amides is 1. The number of methoxy groups -OCH3 is 2. The van der Waals surface area contributed by atoms with E-state index in [1.807, 2.05) is 4.90 Å². The van der Waals surface area contributed by atoms with Crippen LogP contribution in [0.1, 0.15) is 12.8 Å². The van der Waals surface area contributed by atoms with Crippen molar-refractivity contribution in [2.24, 2.45) is 5.92 Å². The maximum absolute atomic E-state index is 12.5. The molecule has 25 heavy (non-hydrogen) atoms. The Morgan fingerprint density at radius 2 is 2.28 bits per heavy atom. The van der Waals surface area contributed by atoms with E-state index < -0.39 is 6.29 Å². The molecule has 1 aliphatic rings. The molecule has 1 fully saturated rings. The standard InChI is InChI=1S/C15H21ClN6O3/c1-24-10(25-2)6-17-14(23)9-4-3-5-22(7-9)13-11-12(19-8-18-11)20-15(16)21-13/h8-10H,3-7H2,1-2H3,(H,17,23)(H,18,19,20,21). The van der Waals surface area contributed by atoms with E-state index in [0.717, 1.165) is 24.9 Å². The Morgan fingerprint density at radius 1 is 1.48 bits per heavy atom. The number of halogens is 1. The van der Waals surface area contributed by atoms with Gasteiger partial charge in [-0.05, 0) is 24.4 Å². The summed E-state index contributed by atoms with van der Waals surface area (Å²) in [5.41, 5.74) is 1.24. The number of hydrogen-bond donors (Lipinski definition) is 2. The van der Waals surface area contributed by atoms with E-state index in [0.29, 0.717) is 24.6 Å². The zero-order valence-corrected chi connectivity index (χ0v) is 14.9. The number of hydrogen-bond acceptors (Lipinski definition) is 7. The van der Waals surface area contributed by atoms with Crippen molar-refractivity contribution < 1.29 is 14.3 Å². The predicted octanol–water partition coefficient (Wildman–Crippen LogP) is 0.958. The number of nitrogens with one attached hydrogen (secondary N) is 2. The molecule has 0 radical (unpaired) electrons. The molecule has 1 amide bonds. The van der Waals surface area contributed by atoms with Gasteiger partial charge >= 0.3 is 0 Å². The molecule has 0 bridgehead atoms. The fourth-order valence-corrected chi connectivity index (χ4v) is 3.16. The Balaban J connectivity index is 1.70.